The van der Waals surface area contributed by atoms with Crippen LogP contribution in [0.5, 0.6) is 0 Å². The van der Waals surface area contributed by atoms with Crippen LogP contribution in [0.1, 0.15) is 67.7 Å². The van der Waals surface area contributed by atoms with E-state index in [4.69, 9.17) is 9.47 Å². The second-order valence-corrected chi connectivity index (χ2v) is 11.0. The van der Waals surface area contributed by atoms with Crippen LogP contribution in [0.15, 0.2) is 0 Å². The molecule has 1 N–H and O–H groups in total. The monoisotopic (exact) mass is 464 g/mol. The number of fused-ring (bicyclic) bond motifs is 4. The fourth-order valence-corrected chi connectivity index (χ4v) is 4.39. The lowest BCUT2D eigenvalue weighted by Crippen LogP contribution is -2.63. The Hall–Kier alpha value is -2.00. The second-order valence-electron chi connectivity index (χ2n) is 11.0. The Morgan fingerprint density at radius 3 is 2.12 bits per heavy atom. The highest BCUT2D eigenvalue weighted by molar-refractivity contribution is 5.78. The first-order chi connectivity index (χ1) is 14.4. The van der Waals surface area contributed by atoms with E-state index in [2.05, 4.69) is 5.32 Å². The molecule has 3 aliphatic rings. The van der Waals surface area contributed by atoms with E-state index in [9.17, 15) is 27.6 Å². The van der Waals surface area contributed by atoms with E-state index < -0.39 is 59.8 Å². The summed E-state index contributed by atoms with van der Waals surface area (Å²) in [4.78, 5) is 39.0. The largest absolute Gasteiger partial charge is 0.459 e. The van der Waals surface area contributed by atoms with Crippen LogP contribution >= 0.6 is 0 Å². The van der Waals surface area contributed by atoms with Gasteiger partial charge in [0.25, 0.3) is 0 Å². The van der Waals surface area contributed by atoms with Crippen LogP contribution in [0.2, 0.25) is 0 Å². The summed E-state index contributed by atoms with van der Waals surface area (Å²) in [6.07, 6.45) is -6.85. The van der Waals surface area contributed by atoms with Crippen molar-refractivity contribution in [3.63, 3.8) is 0 Å². The standard InChI is InChI=1S/C22H35F3N2O5/c1-12-8-13-9-14(26-19(30)32-21(5,6)7)16(17(12)31-18(29)20(2,3)4)27(11-13)15(28)10-22(23,24)25/h12-14,16-17H,8-11H2,1-7H3,(H,26,30)/t12-,13?,14?,16?,17-/m0/s1. The molecule has 3 unspecified atom stereocenters. The molecule has 10 heteroatoms. The van der Waals surface area contributed by atoms with E-state index in [0.29, 0.717) is 12.8 Å². The quantitative estimate of drug-likeness (QED) is 0.637. The average Bonchev–Trinajstić information content (AvgIpc) is 2.75. The van der Waals surface area contributed by atoms with Crippen LogP contribution in [-0.4, -0.2) is 59.4 Å². The number of amides is 2. The van der Waals surface area contributed by atoms with E-state index in [1.54, 1.807) is 41.5 Å². The van der Waals surface area contributed by atoms with Crippen molar-refractivity contribution in [3.05, 3.63) is 0 Å². The molecule has 5 atom stereocenters. The predicted molar refractivity (Wildman–Crippen MR) is 111 cm³/mol. The number of piperidine rings is 1. The van der Waals surface area contributed by atoms with Crippen LogP contribution in [0, 0.1) is 17.3 Å². The fraction of sp³-hybridized carbons (Fsp3) is 0.864. The van der Waals surface area contributed by atoms with Crippen LogP contribution in [0.4, 0.5) is 18.0 Å². The molecule has 0 aromatic heterocycles. The number of rotatable bonds is 3. The summed E-state index contributed by atoms with van der Waals surface area (Å²) in [6.45, 7) is 12.1. The maximum Gasteiger partial charge on any atom is 0.407 e. The highest BCUT2D eigenvalue weighted by atomic mass is 19.4. The molecule has 184 valence electrons. The summed E-state index contributed by atoms with van der Waals surface area (Å²) >= 11 is 0. The Morgan fingerprint density at radius 2 is 1.62 bits per heavy atom. The first-order valence-corrected chi connectivity index (χ1v) is 10.9. The van der Waals surface area contributed by atoms with Gasteiger partial charge in [-0.25, -0.2) is 4.79 Å². The number of hydrogen-bond donors (Lipinski definition) is 1. The van der Waals surface area contributed by atoms with Gasteiger partial charge in [0.2, 0.25) is 5.91 Å². The number of nitrogens with zero attached hydrogens (tertiary/aromatic N) is 1. The number of nitrogens with one attached hydrogen (secondary N) is 1. The number of carbonyl (C=O) groups is 3. The summed E-state index contributed by atoms with van der Waals surface area (Å²) in [5, 5.41) is 2.73. The van der Waals surface area contributed by atoms with Crippen molar-refractivity contribution in [3.8, 4) is 0 Å². The molecular weight excluding hydrogens is 429 g/mol. The summed E-state index contributed by atoms with van der Waals surface area (Å²) in [5.74, 6) is -1.95. The minimum absolute atomic E-state index is 0.125. The van der Waals surface area contributed by atoms with E-state index in [0.717, 1.165) is 4.90 Å². The zero-order chi connectivity index (χ0) is 24.6. The molecule has 2 aliphatic heterocycles. The molecule has 32 heavy (non-hydrogen) atoms. The first kappa shape index (κ1) is 26.3. The molecule has 1 saturated carbocycles. The molecule has 0 aromatic carbocycles. The van der Waals surface area contributed by atoms with E-state index >= 15 is 0 Å². The number of alkyl carbamates (subject to hydrolysis) is 1. The van der Waals surface area contributed by atoms with Crippen LogP contribution in [-0.2, 0) is 19.1 Å². The first-order valence-electron chi connectivity index (χ1n) is 10.9. The Morgan fingerprint density at radius 1 is 1.03 bits per heavy atom. The van der Waals surface area contributed by atoms with Gasteiger partial charge in [0.05, 0.1) is 17.5 Å². The van der Waals surface area contributed by atoms with E-state index in [-0.39, 0.29) is 18.4 Å². The third kappa shape index (κ3) is 7.00. The van der Waals surface area contributed by atoms with Gasteiger partial charge in [-0.2, -0.15) is 13.2 Å². The lowest BCUT2D eigenvalue weighted by atomic mass is 9.89. The number of halogens is 3. The zero-order valence-electron chi connectivity index (χ0n) is 19.8. The number of hydrogen-bond acceptors (Lipinski definition) is 5. The molecular formula is C22H35F3N2O5. The summed E-state index contributed by atoms with van der Waals surface area (Å²) in [7, 11) is 0. The smallest absolute Gasteiger partial charge is 0.407 e. The normalized spacial score (nSPS) is 28.7. The Balaban J connectivity index is 2.40. The van der Waals surface area contributed by atoms with Gasteiger partial charge in [-0.1, -0.05) is 6.92 Å². The number of esters is 1. The second kappa shape index (κ2) is 9.09. The predicted octanol–water partition coefficient (Wildman–Crippen LogP) is 4.05. The Labute approximate surface area is 187 Å². The number of ether oxygens (including phenoxy) is 2. The SMILES string of the molecule is C[C@H]1CC2CC(NC(=O)OC(C)(C)C)C([C@H]1OC(=O)C(C)(C)C)N(C(=O)CC(F)(F)F)C2. The molecule has 2 bridgehead atoms. The van der Waals surface area contributed by atoms with Gasteiger partial charge in [-0.3, -0.25) is 9.59 Å². The molecule has 2 heterocycles. The number of carbonyl (C=O) groups excluding carboxylic acids is 3. The van der Waals surface area contributed by atoms with Crippen molar-refractivity contribution in [2.45, 2.75) is 97.7 Å². The summed E-state index contributed by atoms with van der Waals surface area (Å²) < 4.78 is 50.2. The van der Waals surface area contributed by atoms with Crippen molar-refractivity contribution < 1.29 is 37.0 Å². The Kier molecular flexibility index (Phi) is 7.46. The molecule has 2 saturated heterocycles. The molecule has 3 rings (SSSR count). The van der Waals surface area contributed by atoms with Crippen molar-refractivity contribution in [2.75, 3.05) is 6.54 Å². The molecule has 0 spiro atoms. The minimum Gasteiger partial charge on any atom is -0.459 e. The molecule has 3 fully saturated rings. The lowest BCUT2D eigenvalue weighted by Gasteiger charge is -2.45. The highest BCUT2D eigenvalue weighted by Crippen LogP contribution is 2.40. The van der Waals surface area contributed by atoms with Crippen molar-refractivity contribution in [1.29, 1.82) is 0 Å². The topological polar surface area (TPSA) is 84.9 Å². The van der Waals surface area contributed by atoms with Crippen LogP contribution < -0.4 is 5.32 Å². The third-order valence-electron chi connectivity index (χ3n) is 5.65. The van der Waals surface area contributed by atoms with Crippen LogP contribution in [0.3, 0.4) is 0 Å². The summed E-state index contributed by atoms with van der Waals surface area (Å²) in [5.41, 5.74) is -1.61. The maximum atomic E-state index is 13.0. The van der Waals surface area contributed by atoms with Crippen molar-refractivity contribution in [2.24, 2.45) is 17.3 Å². The average molecular weight is 465 g/mol. The summed E-state index contributed by atoms with van der Waals surface area (Å²) in [6, 6.07) is -1.62. The number of alkyl halides is 3. The van der Waals surface area contributed by atoms with Gasteiger partial charge in [-0.15, -0.1) is 0 Å². The lowest BCUT2D eigenvalue weighted by molar-refractivity contribution is -0.175. The molecule has 2 amide bonds. The molecule has 0 radical (unpaired) electrons. The van der Waals surface area contributed by atoms with Gasteiger partial charge >= 0.3 is 18.2 Å². The van der Waals surface area contributed by atoms with Crippen molar-refractivity contribution in [1.82, 2.24) is 10.2 Å². The van der Waals surface area contributed by atoms with Gasteiger partial charge in [0.15, 0.2) is 0 Å². The zero-order valence-corrected chi connectivity index (χ0v) is 19.8. The minimum atomic E-state index is -4.67. The van der Waals surface area contributed by atoms with Gasteiger partial charge < -0.3 is 19.7 Å². The highest BCUT2D eigenvalue weighted by Gasteiger charge is 2.52. The molecule has 1 aliphatic carbocycles. The Bertz CT molecular complexity index is 727. The van der Waals surface area contributed by atoms with Gasteiger partial charge in [0.1, 0.15) is 18.1 Å². The van der Waals surface area contributed by atoms with Crippen LogP contribution in [0.25, 0.3) is 0 Å². The third-order valence-corrected chi connectivity index (χ3v) is 5.65. The van der Waals surface area contributed by atoms with E-state index in [1.165, 1.54) is 0 Å². The van der Waals surface area contributed by atoms with Gasteiger partial charge in [0, 0.05) is 6.54 Å². The molecule has 7 nitrogen and oxygen atoms in total. The van der Waals surface area contributed by atoms with Gasteiger partial charge in [-0.05, 0) is 66.2 Å². The maximum absolute atomic E-state index is 13.0. The van der Waals surface area contributed by atoms with E-state index in [1.807, 2.05) is 6.92 Å². The van der Waals surface area contributed by atoms with Crippen molar-refractivity contribution >= 4 is 18.0 Å². The fourth-order valence-electron chi connectivity index (χ4n) is 4.39. The molecule has 0 aromatic rings.